The highest BCUT2D eigenvalue weighted by Crippen LogP contribution is 2.31. The Balaban J connectivity index is 1.94. The summed E-state index contributed by atoms with van der Waals surface area (Å²) >= 11 is 3.67. The number of ether oxygens (including phenoxy) is 1. The molecule has 1 aromatic carbocycles. The number of amides is 3. The second-order valence-corrected chi connectivity index (χ2v) is 10.2. The van der Waals surface area contributed by atoms with E-state index in [2.05, 4.69) is 35.8 Å². The molecular weight excluding hydrogens is 600 g/mol. The minimum atomic E-state index is -1.03. The highest BCUT2D eigenvalue weighted by molar-refractivity contribution is 9.10. The quantitative estimate of drug-likeness (QED) is 0.198. The molecule has 10 nitrogen and oxygen atoms in total. The number of aliphatic hydroxyl groups excluding tert-OH is 2. The van der Waals surface area contributed by atoms with Gasteiger partial charge >= 0.3 is 6.03 Å². The number of benzene rings is 1. The van der Waals surface area contributed by atoms with Crippen molar-refractivity contribution in [2.24, 2.45) is 5.73 Å². The standard InChI is InChI=1S/C25H34BrF2N5O5S/c1-4-7-15(33(5-2)6-3)10-16(34)11-17(35)12-30-25(37)31-24-21(22(29)36)23(32-39-24)38-13-18-19(27)8-14(26)9-20(18)28/h7-9,16-17,34-35H,4-6,10-13H2,1-3H3,(H2,29,36)(H2,30,31,37)/b15-7+. The zero-order valence-electron chi connectivity index (χ0n) is 22.0. The highest BCUT2D eigenvalue weighted by atomic mass is 79.9. The van der Waals surface area contributed by atoms with E-state index in [1.54, 1.807) is 0 Å². The smallest absolute Gasteiger partial charge is 0.320 e. The third kappa shape index (κ3) is 9.71. The fraction of sp³-hybridized carbons (Fsp3) is 0.480. The maximum absolute atomic E-state index is 14.1. The SMILES string of the molecule is CC/C=C(\CC(O)CC(O)CNC(=O)Nc1snc(OCc2c(F)cc(Br)cc2F)c1C(N)=O)N(CC)CC. The summed E-state index contributed by atoms with van der Waals surface area (Å²) in [4.78, 5) is 26.5. The van der Waals surface area contributed by atoms with Crippen LogP contribution in [0, 0.1) is 11.6 Å². The fourth-order valence-corrected chi connectivity index (χ4v) is 4.95. The molecule has 0 fully saturated rings. The number of nitrogens with one attached hydrogen (secondary N) is 2. The van der Waals surface area contributed by atoms with Gasteiger partial charge in [0, 0.05) is 42.6 Å². The van der Waals surface area contributed by atoms with Gasteiger partial charge in [0.15, 0.2) is 0 Å². The molecule has 0 saturated heterocycles. The number of hydrogen-bond acceptors (Lipinski definition) is 8. The lowest BCUT2D eigenvalue weighted by Crippen LogP contribution is -2.37. The van der Waals surface area contributed by atoms with Crippen LogP contribution < -0.4 is 21.1 Å². The number of nitrogens with zero attached hydrogens (tertiary/aromatic N) is 2. The summed E-state index contributed by atoms with van der Waals surface area (Å²) in [5.74, 6) is -2.98. The maximum atomic E-state index is 14.1. The first-order valence-corrected chi connectivity index (χ1v) is 14.0. The minimum absolute atomic E-state index is 0.0386. The Morgan fingerprint density at radius 3 is 2.41 bits per heavy atom. The van der Waals surface area contributed by atoms with Gasteiger partial charge in [0.1, 0.15) is 28.8 Å². The third-order valence-electron chi connectivity index (χ3n) is 5.69. The third-order valence-corrected chi connectivity index (χ3v) is 6.89. The lowest BCUT2D eigenvalue weighted by molar-refractivity contribution is 0.0774. The number of carbonyl (C=O) groups excluding carboxylic acids is 2. The van der Waals surface area contributed by atoms with Gasteiger partial charge in [0.25, 0.3) is 5.91 Å². The number of primary amides is 1. The first-order chi connectivity index (χ1) is 18.5. The number of aliphatic hydroxyl groups is 2. The number of allylic oxidation sites excluding steroid dienone is 1. The number of halogens is 3. The van der Waals surface area contributed by atoms with E-state index in [0.717, 1.165) is 37.3 Å². The van der Waals surface area contributed by atoms with Crippen LogP contribution in [0.2, 0.25) is 0 Å². The Labute approximate surface area is 238 Å². The lowest BCUT2D eigenvalue weighted by atomic mass is 10.1. The average molecular weight is 635 g/mol. The second kappa shape index (κ2) is 15.7. The van der Waals surface area contributed by atoms with Gasteiger partial charge in [-0.25, -0.2) is 13.6 Å². The molecule has 0 aliphatic heterocycles. The molecule has 0 aliphatic rings. The largest absolute Gasteiger partial charge is 0.471 e. The van der Waals surface area contributed by atoms with Gasteiger partial charge in [-0.3, -0.25) is 10.1 Å². The molecule has 0 bridgehead atoms. The van der Waals surface area contributed by atoms with E-state index >= 15 is 0 Å². The van der Waals surface area contributed by atoms with Crippen molar-refractivity contribution < 1.29 is 33.3 Å². The molecule has 0 saturated carbocycles. The van der Waals surface area contributed by atoms with Crippen molar-refractivity contribution in [3.05, 3.63) is 51.1 Å². The van der Waals surface area contributed by atoms with Crippen LogP contribution in [0.25, 0.3) is 0 Å². The van der Waals surface area contributed by atoms with Crippen molar-refractivity contribution in [3.8, 4) is 5.88 Å². The Morgan fingerprint density at radius 2 is 1.85 bits per heavy atom. The monoisotopic (exact) mass is 633 g/mol. The predicted octanol–water partition coefficient (Wildman–Crippen LogP) is 4.12. The van der Waals surface area contributed by atoms with Crippen molar-refractivity contribution >= 4 is 44.4 Å². The van der Waals surface area contributed by atoms with E-state index in [1.807, 2.05) is 26.8 Å². The second-order valence-electron chi connectivity index (χ2n) is 8.55. The zero-order chi connectivity index (χ0) is 29.1. The minimum Gasteiger partial charge on any atom is -0.471 e. The summed E-state index contributed by atoms with van der Waals surface area (Å²) in [7, 11) is 0. The lowest BCUT2D eigenvalue weighted by Gasteiger charge is -2.27. The highest BCUT2D eigenvalue weighted by Gasteiger charge is 2.23. The summed E-state index contributed by atoms with van der Waals surface area (Å²) in [6.45, 7) is 6.93. The van der Waals surface area contributed by atoms with E-state index < -0.39 is 42.4 Å². The van der Waals surface area contributed by atoms with Crippen LogP contribution in [0.1, 0.15) is 56.0 Å². The van der Waals surface area contributed by atoms with Gasteiger partial charge in [0.2, 0.25) is 5.88 Å². The van der Waals surface area contributed by atoms with Crippen LogP contribution in [0.4, 0.5) is 18.6 Å². The van der Waals surface area contributed by atoms with E-state index in [1.165, 1.54) is 0 Å². The molecule has 6 N–H and O–H groups in total. The molecule has 216 valence electrons. The van der Waals surface area contributed by atoms with Gasteiger partial charge in [-0.15, -0.1) is 0 Å². The first kappa shape index (κ1) is 32.4. The van der Waals surface area contributed by atoms with E-state index in [4.69, 9.17) is 10.5 Å². The van der Waals surface area contributed by atoms with Gasteiger partial charge in [-0.05, 0) is 43.9 Å². The molecular formula is C25H34BrF2N5O5S. The van der Waals surface area contributed by atoms with E-state index in [9.17, 15) is 28.6 Å². The molecule has 2 aromatic rings. The first-order valence-electron chi connectivity index (χ1n) is 12.4. The summed E-state index contributed by atoms with van der Waals surface area (Å²) in [6.07, 6.45) is 1.43. The summed E-state index contributed by atoms with van der Waals surface area (Å²) in [6, 6.07) is 1.36. The van der Waals surface area contributed by atoms with Crippen LogP contribution in [-0.2, 0) is 6.61 Å². The normalized spacial score (nSPS) is 13.1. The molecule has 1 heterocycles. The van der Waals surface area contributed by atoms with Crippen LogP contribution in [0.15, 0.2) is 28.4 Å². The van der Waals surface area contributed by atoms with E-state index in [0.29, 0.717) is 18.0 Å². The molecule has 0 radical (unpaired) electrons. The van der Waals surface area contributed by atoms with Crippen molar-refractivity contribution in [3.63, 3.8) is 0 Å². The molecule has 2 atom stereocenters. The van der Waals surface area contributed by atoms with Gasteiger partial charge in [-0.2, -0.15) is 4.37 Å². The number of hydrogen-bond donors (Lipinski definition) is 5. The van der Waals surface area contributed by atoms with Gasteiger partial charge < -0.3 is 30.9 Å². The van der Waals surface area contributed by atoms with Crippen LogP contribution in [-0.4, -0.2) is 63.3 Å². The number of anilines is 1. The molecule has 0 aliphatic carbocycles. The predicted molar refractivity (Wildman–Crippen MR) is 149 cm³/mol. The Bertz CT molecular complexity index is 1140. The summed E-state index contributed by atoms with van der Waals surface area (Å²) < 4.78 is 37.6. The Hall–Kier alpha value is -2.81. The zero-order valence-corrected chi connectivity index (χ0v) is 24.4. The number of urea groups is 1. The molecule has 39 heavy (non-hydrogen) atoms. The van der Waals surface area contributed by atoms with Crippen molar-refractivity contribution in [2.45, 2.75) is 58.8 Å². The topological polar surface area (TPSA) is 150 Å². The molecule has 2 unspecified atom stereocenters. The van der Waals surface area contributed by atoms with Crippen molar-refractivity contribution in [1.29, 1.82) is 0 Å². The molecule has 0 spiro atoms. The summed E-state index contributed by atoms with van der Waals surface area (Å²) in [5, 5.41) is 25.6. The molecule has 14 heteroatoms. The van der Waals surface area contributed by atoms with Crippen molar-refractivity contribution in [1.82, 2.24) is 14.6 Å². The number of carbonyl (C=O) groups is 2. The van der Waals surface area contributed by atoms with Crippen molar-refractivity contribution in [2.75, 3.05) is 25.0 Å². The van der Waals surface area contributed by atoms with E-state index in [-0.39, 0.29) is 39.4 Å². The van der Waals surface area contributed by atoms with Crippen LogP contribution >= 0.6 is 27.5 Å². The maximum Gasteiger partial charge on any atom is 0.320 e. The number of nitrogens with two attached hydrogens (primary N) is 1. The Kier molecular flexibility index (Phi) is 13.0. The van der Waals surface area contributed by atoms with Gasteiger partial charge in [0.05, 0.1) is 17.8 Å². The molecule has 3 amide bonds. The molecule has 1 aromatic heterocycles. The molecule has 2 rings (SSSR count). The average Bonchev–Trinajstić information content (AvgIpc) is 3.25. The number of aromatic nitrogens is 1. The number of rotatable bonds is 15. The van der Waals surface area contributed by atoms with Crippen LogP contribution in [0.5, 0.6) is 5.88 Å². The van der Waals surface area contributed by atoms with Gasteiger partial charge in [-0.1, -0.05) is 28.9 Å². The van der Waals surface area contributed by atoms with Crippen LogP contribution in [0.3, 0.4) is 0 Å². The summed E-state index contributed by atoms with van der Waals surface area (Å²) in [5.41, 5.74) is 5.77. The Morgan fingerprint density at radius 1 is 1.21 bits per heavy atom. The fourth-order valence-electron chi connectivity index (χ4n) is 3.81.